The molecule has 0 aliphatic carbocycles. The van der Waals surface area contributed by atoms with Crippen LogP contribution in [0.4, 0.5) is 14.5 Å². The predicted molar refractivity (Wildman–Crippen MR) is 87.3 cm³/mol. The normalized spacial score (nSPS) is 10.7. The van der Waals surface area contributed by atoms with Crippen LogP contribution in [0.3, 0.4) is 0 Å². The SMILES string of the molecule is Cc1cc(C)n(-c2ccccc2NC(=O)c2cc(F)cc(F)c2)n1. The molecule has 2 aromatic carbocycles. The van der Waals surface area contributed by atoms with Crippen LogP contribution in [0.2, 0.25) is 0 Å². The largest absolute Gasteiger partial charge is 0.320 e. The molecule has 1 N–H and O–H groups in total. The van der Waals surface area contributed by atoms with Crippen LogP contribution < -0.4 is 5.32 Å². The lowest BCUT2D eigenvalue weighted by atomic mass is 10.2. The van der Waals surface area contributed by atoms with Gasteiger partial charge in [0, 0.05) is 17.3 Å². The van der Waals surface area contributed by atoms with E-state index in [9.17, 15) is 13.6 Å². The van der Waals surface area contributed by atoms with Gasteiger partial charge in [0.25, 0.3) is 5.91 Å². The standard InChI is InChI=1S/C18H15F2N3O/c1-11-7-12(2)23(22-11)17-6-4-3-5-16(17)21-18(24)13-8-14(19)10-15(20)9-13/h3-10H,1-2H3,(H,21,24). The van der Waals surface area contributed by atoms with E-state index in [2.05, 4.69) is 10.4 Å². The number of nitrogens with one attached hydrogen (secondary N) is 1. The van der Waals surface area contributed by atoms with E-state index in [0.29, 0.717) is 11.4 Å². The summed E-state index contributed by atoms with van der Waals surface area (Å²) in [7, 11) is 0. The second-order valence-electron chi connectivity index (χ2n) is 5.47. The van der Waals surface area contributed by atoms with Crippen molar-refractivity contribution in [3.8, 4) is 5.69 Å². The van der Waals surface area contributed by atoms with E-state index in [4.69, 9.17) is 0 Å². The van der Waals surface area contributed by atoms with Crippen molar-refractivity contribution in [2.45, 2.75) is 13.8 Å². The number of amides is 1. The van der Waals surface area contributed by atoms with Crippen LogP contribution in [0.25, 0.3) is 5.69 Å². The number of hydrogen-bond donors (Lipinski definition) is 1. The molecule has 3 aromatic rings. The zero-order valence-electron chi connectivity index (χ0n) is 13.2. The highest BCUT2D eigenvalue weighted by atomic mass is 19.1. The molecule has 0 aliphatic rings. The highest BCUT2D eigenvalue weighted by Gasteiger charge is 2.14. The number of benzene rings is 2. The zero-order valence-corrected chi connectivity index (χ0v) is 13.2. The first kappa shape index (κ1) is 15.9. The smallest absolute Gasteiger partial charge is 0.255 e. The molecule has 6 heteroatoms. The minimum absolute atomic E-state index is 0.0873. The van der Waals surface area contributed by atoms with Gasteiger partial charge in [-0.1, -0.05) is 12.1 Å². The van der Waals surface area contributed by atoms with Crippen molar-refractivity contribution in [2.24, 2.45) is 0 Å². The molecule has 0 radical (unpaired) electrons. The number of para-hydroxylation sites is 2. The van der Waals surface area contributed by atoms with Gasteiger partial charge in [-0.05, 0) is 44.2 Å². The lowest BCUT2D eigenvalue weighted by Gasteiger charge is -2.12. The summed E-state index contributed by atoms with van der Waals surface area (Å²) in [4.78, 5) is 12.3. The minimum Gasteiger partial charge on any atom is -0.320 e. The number of rotatable bonds is 3. The van der Waals surface area contributed by atoms with Gasteiger partial charge in [0.15, 0.2) is 0 Å². The van der Waals surface area contributed by atoms with E-state index in [1.807, 2.05) is 26.0 Å². The Hall–Kier alpha value is -3.02. The van der Waals surface area contributed by atoms with Gasteiger partial charge in [-0.15, -0.1) is 0 Å². The molecule has 0 aliphatic heterocycles. The second-order valence-corrected chi connectivity index (χ2v) is 5.47. The lowest BCUT2D eigenvalue weighted by Crippen LogP contribution is -2.15. The third-order valence-electron chi connectivity index (χ3n) is 3.51. The van der Waals surface area contributed by atoms with E-state index in [0.717, 1.165) is 29.6 Å². The summed E-state index contributed by atoms with van der Waals surface area (Å²) >= 11 is 0. The highest BCUT2D eigenvalue weighted by Crippen LogP contribution is 2.22. The molecule has 4 nitrogen and oxygen atoms in total. The van der Waals surface area contributed by atoms with Gasteiger partial charge in [-0.3, -0.25) is 4.79 Å². The monoisotopic (exact) mass is 327 g/mol. The molecule has 1 amide bonds. The van der Waals surface area contributed by atoms with Crippen molar-refractivity contribution in [3.63, 3.8) is 0 Å². The maximum atomic E-state index is 13.3. The Bertz CT molecular complexity index is 898. The van der Waals surface area contributed by atoms with Gasteiger partial charge in [-0.2, -0.15) is 5.10 Å². The molecule has 24 heavy (non-hydrogen) atoms. The quantitative estimate of drug-likeness (QED) is 0.790. The number of nitrogens with zero attached hydrogens (tertiary/aromatic N) is 2. The summed E-state index contributed by atoms with van der Waals surface area (Å²) in [6, 6.07) is 11.7. The zero-order chi connectivity index (χ0) is 17.3. The third kappa shape index (κ3) is 3.17. The molecular weight excluding hydrogens is 312 g/mol. The van der Waals surface area contributed by atoms with Gasteiger partial charge in [0.1, 0.15) is 11.6 Å². The van der Waals surface area contributed by atoms with Crippen molar-refractivity contribution < 1.29 is 13.6 Å². The maximum Gasteiger partial charge on any atom is 0.255 e. The second kappa shape index (κ2) is 6.23. The van der Waals surface area contributed by atoms with Gasteiger partial charge in [-0.25, -0.2) is 13.5 Å². The maximum absolute atomic E-state index is 13.3. The molecule has 122 valence electrons. The fourth-order valence-electron chi connectivity index (χ4n) is 2.52. The summed E-state index contributed by atoms with van der Waals surface area (Å²) in [6.45, 7) is 3.78. The Morgan fingerprint density at radius 1 is 1.04 bits per heavy atom. The molecule has 1 aromatic heterocycles. The van der Waals surface area contributed by atoms with E-state index in [1.165, 1.54) is 0 Å². The van der Waals surface area contributed by atoms with Crippen LogP contribution in [0, 0.1) is 25.5 Å². The van der Waals surface area contributed by atoms with Gasteiger partial charge < -0.3 is 5.32 Å². The summed E-state index contributed by atoms with van der Waals surface area (Å²) in [5.74, 6) is -2.19. The van der Waals surface area contributed by atoms with Crippen LogP contribution in [0.15, 0.2) is 48.5 Å². The Kier molecular flexibility index (Phi) is 4.12. The van der Waals surface area contributed by atoms with Crippen molar-refractivity contribution in [1.29, 1.82) is 0 Å². The van der Waals surface area contributed by atoms with Crippen molar-refractivity contribution in [3.05, 3.63) is 77.1 Å². The lowest BCUT2D eigenvalue weighted by molar-refractivity contribution is 0.102. The summed E-state index contributed by atoms with van der Waals surface area (Å²) in [5.41, 5.74) is 2.84. The number of aryl methyl sites for hydroxylation is 2. The Morgan fingerprint density at radius 3 is 2.33 bits per heavy atom. The Labute approximate surface area is 137 Å². The summed E-state index contributed by atoms with van der Waals surface area (Å²) in [5, 5.41) is 7.08. The molecule has 3 rings (SSSR count). The first-order valence-electron chi connectivity index (χ1n) is 7.34. The minimum atomic E-state index is -0.799. The molecule has 0 unspecified atom stereocenters. The van der Waals surface area contributed by atoms with Crippen molar-refractivity contribution >= 4 is 11.6 Å². The number of halogens is 2. The van der Waals surface area contributed by atoms with E-state index in [-0.39, 0.29) is 5.56 Å². The fourth-order valence-corrected chi connectivity index (χ4v) is 2.52. The number of aromatic nitrogens is 2. The molecule has 0 bridgehead atoms. The van der Waals surface area contributed by atoms with E-state index >= 15 is 0 Å². The molecule has 0 fully saturated rings. The average Bonchev–Trinajstić information content (AvgIpc) is 2.85. The number of carbonyl (C=O) groups excluding carboxylic acids is 1. The first-order valence-corrected chi connectivity index (χ1v) is 7.34. The van der Waals surface area contributed by atoms with Crippen molar-refractivity contribution in [2.75, 3.05) is 5.32 Å². The molecule has 1 heterocycles. The van der Waals surface area contributed by atoms with E-state index < -0.39 is 17.5 Å². The Balaban J connectivity index is 1.96. The highest BCUT2D eigenvalue weighted by molar-refractivity contribution is 6.05. The van der Waals surface area contributed by atoms with Crippen LogP contribution in [-0.4, -0.2) is 15.7 Å². The summed E-state index contributed by atoms with van der Waals surface area (Å²) in [6.07, 6.45) is 0. The topological polar surface area (TPSA) is 46.9 Å². The number of carbonyl (C=O) groups is 1. The van der Waals surface area contributed by atoms with Crippen LogP contribution in [0.5, 0.6) is 0 Å². The van der Waals surface area contributed by atoms with Gasteiger partial charge in [0.05, 0.1) is 17.1 Å². The van der Waals surface area contributed by atoms with Gasteiger partial charge in [0.2, 0.25) is 0 Å². The van der Waals surface area contributed by atoms with Gasteiger partial charge >= 0.3 is 0 Å². The van der Waals surface area contributed by atoms with Crippen molar-refractivity contribution in [1.82, 2.24) is 9.78 Å². The Morgan fingerprint density at radius 2 is 1.71 bits per heavy atom. The molecule has 0 atom stereocenters. The summed E-state index contributed by atoms with van der Waals surface area (Å²) < 4.78 is 28.3. The van der Waals surface area contributed by atoms with Crippen LogP contribution in [0.1, 0.15) is 21.7 Å². The fraction of sp³-hybridized carbons (Fsp3) is 0.111. The van der Waals surface area contributed by atoms with Crippen LogP contribution in [-0.2, 0) is 0 Å². The number of hydrogen-bond acceptors (Lipinski definition) is 2. The average molecular weight is 327 g/mol. The third-order valence-corrected chi connectivity index (χ3v) is 3.51. The molecule has 0 saturated carbocycles. The van der Waals surface area contributed by atoms with Crippen LogP contribution >= 0.6 is 0 Å². The molecular formula is C18H15F2N3O. The van der Waals surface area contributed by atoms with E-state index in [1.54, 1.807) is 22.9 Å². The number of anilines is 1. The predicted octanol–water partition coefficient (Wildman–Crippen LogP) is 4.02. The first-order chi connectivity index (χ1) is 11.4. The molecule has 0 saturated heterocycles. The molecule has 0 spiro atoms.